The molecule has 1 N–H and O–H groups in total. The highest BCUT2D eigenvalue weighted by Gasteiger charge is 2.42. The van der Waals surface area contributed by atoms with Crippen LogP contribution in [0.3, 0.4) is 0 Å². The summed E-state index contributed by atoms with van der Waals surface area (Å²) in [4.78, 5) is 0. The lowest BCUT2D eigenvalue weighted by Gasteiger charge is -2.02. The molecule has 1 aromatic carbocycles. The van der Waals surface area contributed by atoms with Crippen molar-refractivity contribution in [3.8, 4) is 0 Å². The molecular formula is C21H32O2. The molecule has 3 atom stereocenters. The van der Waals surface area contributed by atoms with Crippen LogP contribution in [-0.4, -0.2) is 23.4 Å². The summed E-state index contributed by atoms with van der Waals surface area (Å²) in [7, 11) is 0. The van der Waals surface area contributed by atoms with E-state index >= 15 is 0 Å². The molecule has 0 aromatic heterocycles. The lowest BCUT2D eigenvalue weighted by Crippen LogP contribution is -2.13. The third-order valence-corrected chi connectivity index (χ3v) is 4.59. The minimum Gasteiger partial charge on any atom is -0.386 e. The predicted molar refractivity (Wildman–Crippen MR) is 97.4 cm³/mol. The van der Waals surface area contributed by atoms with Gasteiger partial charge in [-0.2, -0.15) is 0 Å². The van der Waals surface area contributed by atoms with Crippen LogP contribution in [0.2, 0.25) is 0 Å². The van der Waals surface area contributed by atoms with Crippen molar-refractivity contribution < 1.29 is 9.84 Å². The second-order valence-electron chi connectivity index (χ2n) is 6.66. The Balaban J connectivity index is 1.51. The van der Waals surface area contributed by atoms with Crippen molar-refractivity contribution in [2.24, 2.45) is 0 Å². The molecule has 1 fully saturated rings. The van der Waals surface area contributed by atoms with Gasteiger partial charge in [0, 0.05) is 0 Å². The van der Waals surface area contributed by atoms with Crippen molar-refractivity contribution in [3.05, 3.63) is 42.0 Å². The lowest BCUT2D eigenvalue weighted by molar-refractivity contribution is 0.178. The molecule has 0 aliphatic carbocycles. The van der Waals surface area contributed by atoms with Crippen LogP contribution in [0.15, 0.2) is 36.4 Å². The zero-order chi connectivity index (χ0) is 16.3. The van der Waals surface area contributed by atoms with Gasteiger partial charge in [0.25, 0.3) is 0 Å². The van der Waals surface area contributed by atoms with Crippen molar-refractivity contribution in [1.82, 2.24) is 0 Å². The molecule has 0 saturated carbocycles. The number of hydrogen-bond acceptors (Lipinski definition) is 2. The fourth-order valence-electron chi connectivity index (χ4n) is 3.05. The summed E-state index contributed by atoms with van der Waals surface area (Å²) in [5.41, 5.74) is 1.12. The normalized spacial score (nSPS) is 21.7. The number of benzene rings is 1. The Morgan fingerprint density at radius 1 is 1.00 bits per heavy atom. The minimum absolute atomic E-state index is 0.0134. The Bertz CT molecular complexity index is 440. The van der Waals surface area contributed by atoms with Gasteiger partial charge >= 0.3 is 0 Å². The minimum atomic E-state index is -0.478. The van der Waals surface area contributed by atoms with Gasteiger partial charge in [0.05, 0.1) is 6.10 Å². The highest BCUT2D eigenvalue weighted by atomic mass is 16.6. The van der Waals surface area contributed by atoms with Crippen LogP contribution in [-0.2, 0) is 4.74 Å². The van der Waals surface area contributed by atoms with Crippen molar-refractivity contribution in [3.63, 3.8) is 0 Å². The predicted octanol–water partition coefficient (Wildman–Crippen LogP) is 5.36. The fourth-order valence-corrected chi connectivity index (χ4v) is 3.05. The van der Waals surface area contributed by atoms with Crippen LogP contribution in [0.4, 0.5) is 0 Å². The molecular weight excluding hydrogens is 284 g/mol. The fraction of sp³-hybridized carbons (Fsp3) is 0.619. The summed E-state index contributed by atoms with van der Waals surface area (Å²) in [6, 6.07) is 10.1. The highest BCUT2D eigenvalue weighted by Crippen LogP contribution is 2.31. The Labute approximate surface area is 141 Å². The van der Waals surface area contributed by atoms with Crippen molar-refractivity contribution >= 4 is 6.08 Å². The lowest BCUT2D eigenvalue weighted by atomic mass is 10.0. The average Bonchev–Trinajstić information content (AvgIpc) is 3.36. The van der Waals surface area contributed by atoms with E-state index in [4.69, 9.17) is 4.74 Å². The molecule has 0 bridgehead atoms. The molecule has 2 nitrogen and oxygen atoms in total. The second-order valence-corrected chi connectivity index (χ2v) is 6.66. The van der Waals surface area contributed by atoms with E-state index in [0.717, 1.165) is 12.0 Å². The summed E-state index contributed by atoms with van der Waals surface area (Å²) < 4.78 is 5.63. The average molecular weight is 316 g/mol. The van der Waals surface area contributed by atoms with Gasteiger partial charge in [-0.1, -0.05) is 101 Å². The third kappa shape index (κ3) is 7.32. The molecule has 0 amide bonds. The second kappa shape index (κ2) is 10.6. The third-order valence-electron chi connectivity index (χ3n) is 4.59. The Morgan fingerprint density at radius 3 is 2.35 bits per heavy atom. The Hall–Kier alpha value is -1.12. The number of hydrogen-bond donors (Lipinski definition) is 1. The standard InChI is InChI=1S/C21H32O2/c1-2-3-4-5-6-7-8-12-15-20-21(23-20)19(22)17-16-18-13-10-9-11-14-18/h9-11,13-14,16-17,19-22H,2-8,12,15H2,1H3/b17-16+/t19?,20-,21-/m0/s1. The van der Waals surface area contributed by atoms with Crippen molar-refractivity contribution in [2.45, 2.75) is 83.0 Å². The van der Waals surface area contributed by atoms with E-state index < -0.39 is 6.10 Å². The van der Waals surface area contributed by atoms with Crippen LogP contribution in [0.5, 0.6) is 0 Å². The summed E-state index contributed by atoms with van der Waals surface area (Å²) >= 11 is 0. The molecule has 1 heterocycles. The van der Waals surface area contributed by atoms with Crippen molar-refractivity contribution in [1.29, 1.82) is 0 Å². The van der Waals surface area contributed by atoms with E-state index in [-0.39, 0.29) is 12.2 Å². The van der Waals surface area contributed by atoms with E-state index in [1.165, 1.54) is 51.4 Å². The van der Waals surface area contributed by atoms with Gasteiger partial charge in [-0.05, 0) is 12.0 Å². The summed E-state index contributed by atoms with van der Waals surface area (Å²) in [6.07, 6.45) is 15.5. The zero-order valence-corrected chi connectivity index (χ0v) is 14.5. The molecule has 2 heteroatoms. The van der Waals surface area contributed by atoms with E-state index in [1.807, 2.05) is 42.5 Å². The summed E-state index contributed by atoms with van der Waals surface area (Å²) in [5.74, 6) is 0. The number of epoxide rings is 1. The topological polar surface area (TPSA) is 32.8 Å². The number of aliphatic hydroxyl groups excluding tert-OH is 1. The summed E-state index contributed by atoms with van der Waals surface area (Å²) in [6.45, 7) is 2.26. The van der Waals surface area contributed by atoms with Crippen LogP contribution in [0.25, 0.3) is 6.08 Å². The molecule has 2 rings (SSSR count). The quantitative estimate of drug-likeness (QED) is 0.416. The van der Waals surface area contributed by atoms with Crippen LogP contribution in [0, 0.1) is 0 Å². The maximum atomic E-state index is 10.1. The first-order valence-corrected chi connectivity index (χ1v) is 9.38. The number of unbranched alkanes of at least 4 members (excludes halogenated alkanes) is 7. The highest BCUT2D eigenvalue weighted by molar-refractivity contribution is 5.49. The van der Waals surface area contributed by atoms with Gasteiger partial charge in [0.2, 0.25) is 0 Å². The molecule has 0 radical (unpaired) electrons. The number of aliphatic hydroxyl groups is 1. The van der Waals surface area contributed by atoms with Gasteiger partial charge in [-0.25, -0.2) is 0 Å². The Morgan fingerprint density at radius 2 is 1.65 bits per heavy atom. The van der Waals surface area contributed by atoms with Crippen LogP contribution >= 0.6 is 0 Å². The molecule has 1 unspecified atom stereocenters. The van der Waals surface area contributed by atoms with Gasteiger partial charge in [0.1, 0.15) is 12.2 Å². The van der Waals surface area contributed by atoms with E-state index in [9.17, 15) is 5.11 Å². The van der Waals surface area contributed by atoms with E-state index in [0.29, 0.717) is 0 Å². The summed E-state index contributed by atoms with van der Waals surface area (Å²) in [5, 5.41) is 10.1. The first kappa shape index (κ1) is 18.2. The molecule has 23 heavy (non-hydrogen) atoms. The van der Waals surface area contributed by atoms with Crippen LogP contribution < -0.4 is 0 Å². The van der Waals surface area contributed by atoms with Gasteiger partial charge in [0.15, 0.2) is 0 Å². The molecule has 0 spiro atoms. The molecule has 1 aliphatic heterocycles. The van der Waals surface area contributed by atoms with Crippen LogP contribution in [0.1, 0.15) is 70.3 Å². The molecule has 1 aliphatic rings. The first-order valence-electron chi connectivity index (χ1n) is 9.38. The SMILES string of the molecule is CCCCCCCCCC[C@@H]1O[C@H]1C(O)/C=C/c1ccccc1. The van der Waals surface area contributed by atoms with Gasteiger partial charge in [-0.15, -0.1) is 0 Å². The van der Waals surface area contributed by atoms with E-state index in [1.54, 1.807) is 0 Å². The monoisotopic (exact) mass is 316 g/mol. The molecule has 128 valence electrons. The number of ether oxygens (including phenoxy) is 1. The number of rotatable bonds is 12. The van der Waals surface area contributed by atoms with Crippen molar-refractivity contribution in [2.75, 3.05) is 0 Å². The smallest absolute Gasteiger partial charge is 0.114 e. The molecule has 1 aromatic rings. The van der Waals surface area contributed by atoms with E-state index in [2.05, 4.69) is 6.92 Å². The molecule has 1 saturated heterocycles. The maximum Gasteiger partial charge on any atom is 0.114 e. The Kier molecular flexibility index (Phi) is 8.41. The largest absolute Gasteiger partial charge is 0.386 e. The van der Waals surface area contributed by atoms with Gasteiger partial charge < -0.3 is 9.84 Å². The zero-order valence-electron chi connectivity index (χ0n) is 14.5. The van der Waals surface area contributed by atoms with Gasteiger partial charge in [-0.3, -0.25) is 0 Å². The maximum absolute atomic E-state index is 10.1. The first-order chi connectivity index (χ1) is 11.3.